The SMILES string of the molecule is CC(C)SC(C(=O)O)c1ccc(-c2ccccc2)cc1[N+](=O)[O-]. The van der Waals surface area contributed by atoms with Crippen LogP contribution in [-0.4, -0.2) is 21.2 Å². The Morgan fingerprint density at radius 2 is 1.78 bits per heavy atom. The fourth-order valence-electron chi connectivity index (χ4n) is 2.27. The van der Waals surface area contributed by atoms with E-state index in [1.807, 2.05) is 44.2 Å². The minimum Gasteiger partial charge on any atom is -0.480 e. The van der Waals surface area contributed by atoms with Crippen molar-refractivity contribution in [1.82, 2.24) is 0 Å². The minimum absolute atomic E-state index is 0.0458. The standard InChI is InChI=1S/C17H17NO4S/c1-11(2)23-16(17(19)20)14-9-8-13(10-15(14)18(21)22)12-6-4-3-5-7-12/h3-11,16H,1-2H3,(H,19,20). The summed E-state index contributed by atoms with van der Waals surface area (Å²) in [6.45, 7) is 3.73. The van der Waals surface area contributed by atoms with E-state index in [1.54, 1.807) is 12.1 Å². The van der Waals surface area contributed by atoms with Crippen LogP contribution in [0.1, 0.15) is 24.7 Å². The molecule has 0 aliphatic heterocycles. The van der Waals surface area contributed by atoms with Crippen LogP contribution >= 0.6 is 11.8 Å². The maximum absolute atomic E-state index is 11.5. The van der Waals surface area contributed by atoms with Gasteiger partial charge in [-0.2, -0.15) is 0 Å². The molecule has 0 fully saturated rings. The molecule has 23 heavy (non-hydrogen) atoms. The van der Waals surface area contributed by atoms with E-state index in [-0.39, 0.29) is 16.5 Å². The lowest BCUT2D eigenvalue weighted by atomic mass is 10.0. The van der Waals surface area contributed by atoms with Crippen LogP contribution in [0.25, 0.3) is 11.1 Å². The van der Waals surface area contributed by atoms with Crippen molar-refractivity contribution in [3.63, 3.8) is 0 Å². The number of carboxylic acids is 1. The number of carboxylic acid groups (broad SMARTS) is 1. The monoisotopic (exact) mass is 331 g/mol. The molecule has 1 unspecified atom stereocenters. The van der Waals surface area contributed by atoms with E-state index in [4.69, 9.17) is 0 Å². The first-order chi connectivity index (χ1) is 10.9. The molecule has 0 amide bonds. The summed E-state index contributed by atoms with van der Waals surface area (Å²) in [6.07, 6.45) is 0. The van der Waals surface area contributed by atoms with E-state index in [0.29, 0.717) is 5.56 Å². The average molecular weight is 331 g/mol. The van der Waals surface area contributed by atoms with Crippen molar-refractivity contribution in [3.05, 3.63) is 64.2 Å². The molecule has 0 aliphatic rings. The second-order valence-electron chi connectivity index (χ2n) is 5.30. The van der Waals surface area contributed by atoms with Crippen LogP contribution < -0.4 is 0 Å². The summed E-state index contributed by atoms with van der Waals surface area (Å²) in [6, 6.07) is 14.0. The van der Waals surface area contributed by atoms with E-state index in [1.165, 1.54) is 17.8 Å². The Morgan fingerprint density at radius 1 is 1.13 bits per heavy atom. The van der Waals surface area contributed by atoms with E-state index >= 15 is 0 Å². The van der Waals surface area contributed by atoms with Crippen LogP contribution in [0.4, 0.5) is 5.69 Å². The van der Waals surface area contributed by atoms with Gasteiger partial charge in [-0.25, -0.2) is 0 Å². The predicted octanol–water partition coefficient (Wildman–Crippen LogP) is 4.53. The van der Waals surface area contributed by atoms with Gasteiger partial charge in [0, 0.05) is 11.3 Å². The molecule has 0 spiro atoms. The highest BCUT2D eigenvalue weighted by Gasteiger charge is 2.29. The molecule has 0 radical (unpaired) electrons. The Balaban J connectivity index is 2.52. The number of nitro groups is 1. The molecule has 1 N–H and O–H groups in total. The van der Waals surface area contributed by atoms with Gasteiger partial charge in [0.15, 0.2) is 0 Å². The zero-order valence-corrected chi connectivity index (χ0v) is 13.6. The number of nitrogens with zero attached hydrogens (tertiary/aromatic N) is 1. The topological polar surface area (TPSA) is 80.4 Å². The summed E-state index contributed by atoms with van der Waals surface area (Å²) in [5.41, 5.74) is 1.61. The van der Waals surface area contributed by atoms with Crippen molar-refractivity contribution in [1.29, 1.82) is 0 Å². The molecule has 0 bridgehead atoms. The highest BCUT2D eigenvalue weighted by atomic mass is 32.2. The van der Waals surface area contributed by atoms with E-state index in [9.17, 15) is 20.0 Å². The zero-order valence-electron chi connectivity index (χ0n) is 12.8. The second kappa shape index (κ2) is 7.28. The van der Waals surface area contributed by atoms with Crippen LogP contribution in [0.3, 0.4) is 0 Å². The number of hydrogen-bond acceptors (Lipinski definition) is 4. The van der Waals surface area contributed by atoms with Crippen molar-refractivity contribution in [2.24, 2.45) is 0 Å². The molecule has 0 saturated heterocycles. The summed E-state index contributed by atoms with van der Waals surface area (Å²) in [5.74, 6) is -1.07. The van der Waals surface area contributed by atoms with E-state index in [0.717, 1.165) is 5.56 Å². The van der Waals surface area contributed by atoms with Crippen molar-refractivity contribution >= 4 is 23.4 Å². The minimum atomic E-state index is -1.07. The van der Waals surface area contributed by atoms with Crippen LogP contribution in [0.15, 0.2) is 48.5 Å². The molecule has 120 valence electrons. The van der Waals surface area contributed by atoms with Crippen molar-refractivity contribution in [3.8, 4) is 11.1 Å². The molecule has 0 aromatic heterocycles. The highest BCUT2D eigenvalue weighted by molar-refractivity contribution is 8.00. The van der Waals surface area contributed by atoms with Crippen molar-refractivity contribution < 1.29 is 14.8 Å². The second-order valence-corrected chi connectivity index (χ2v) is 6.99. The predicted molar refractivity (Wildman–Crippen MR) is 91.6 cm³/mol. The Bertz CT molecular complexity index is 716. The molecule has 2 aromatic carbocycles. The third-order valence-electron chi connectivity index (χ3n) is 3.25. The fraction of sp³-hybridized carbons (Fsp3) is 0.235. The van der Waals surface area contributed by atoms with Crippen LogP contribution in [0.2, 0.25) is 0 Å². The maximum Gasteiger partial charge on any atom is 0.321 e. The van der Waals surface area contributed by atoms with Crippen LogP contribution in [0.5, 0.6) is 0 Å². The number of aliphatic carboxylic acids is 1. The van der Waals surface area contributed by atoms with E-state index in [2.05, 4.69) is 0 Å². The van der Waals surface area contributed by atoms with Crippen molar-refractivity contribution in [2.45, 2.75) is 24.3 Å². The lowest BCUT2D eigenvalue weighted by Gasteiger charge is -2.15. The third-order valence-corrected chi connectivity index (χ3v) is 4.52. The number of carbonyl (C=O) groups is 1. The highest BCUT2D eigenvalue weighted by Crippen LogP contribution is 2.39. The van der Waals surface area contributed by atoms with Gasteiger partial charge in [0.1, 0.15) is 5.25 Å². The summed E-state index contributed by atoms with van der Waals surface area (Å²) < 4.78 is 0. The van der Waals surface area contributed by atoms with Crippen LogP contribution in [0, 0.1) is 10.1 Å². The molecule has 0 heterocycles. The Labute approximate surface area is 138 Å². The molecule has 2 aromatic rings. The number of nitro benzene ring substituents is 1. The van der Waals surface area contributed by atoms with Gasteiger partial charge in [-0.15, -0.1) is 11.8 Å². The Hall–Kier alpha value is -2.34. The lowest BCUT2D eigenvalue weighted by molar-refractivity contribution is -0.385. The first-order valence-corrected chi connectivity index (χ1v) is 8.06. The first kappa shape index (κ1) is 17.0. The molecular formula is C17H17NO4S. The Morgan fingerprint density at radius 3 is 2.30 bits per heavy atom. The van der Waals surface area contributed by atoms with Gasteiger partial charge in [0.25, 0.3) is 5.69 Å². The van der Waals surface area contributed by atoms with Crippen LogP contribution in [-0.2, 0) is 4.79 Å². The first-order valence-electron chi connectivity index (χ1n) is 7.12. The summed E-state index contributed by atoms with van der Waals surface area (Å²) in [5, 5.41) is 19.9. The summed E-state index contributed by atoms with van der Waals surface area (Å²) >= 11 is 1.19. The normalized spacial score (nSPS) is 12.1. The molecule has 1 atom stereocenters. The fourth-order valence-corrected chi connectivity index (χ4v) is 3.28. The number of thioether (sulfide) groups is 1. The van der Waals surface area contributed by atoms with Gasteiger partial charge in [0.05, 0.1) is 10.5 Å². The van der Waals surface area contributed by atoms with Gasteiger partial charge in [-0.3, -0.25) is 14.9 Å². The van der Waals surface area contributed by atoms with Gasteiger partial charge in [0.2, 0.25) is 0 Å². The van der Waals surface area contributed by atoms with E-state index < -0.39 is 16.1 Å². The Kier molecular flexibility index (Phi) is 5.39. The smallest absolute Gasteiger partial charge is 0.321 e. The van der Waals surface area contributed by atoms with Gasteiger partial charge in [-0.05, 0) is 17.2 Å². The van der Waals surface area contributed by atoms with Gasteiger partial charge >= 0.3 is 5.97 Å². The number of rotatable bonds is 6. The molecule has 6 heteroatoms. The number of benzene rings is 2. The lowest BCUT2D eigenvalue weighted by Crippen LogP contribution is -2.12. The van der Waals surface area contributed by atoms with Gasteiger partial charge in [-0.1, -0.05) is 50.2 Å². The molecule has 2 rings (SSSR count). The van der Waals surface area contributed by atoms with Gasteiger partial charge < -0.3 is 5.11 Å². The molecule has 0 aliphatic carbocycles. The summed E-state index contributed by atoms with van der Waals surface area (Å²) in [4.78, 5) is 22.4. The summed E-state index contributed by atoms with van der Waals surface area (Å²) in [7, 11) is 0. The maximum atomic E-state index is 11.5. The van der Waals surface area contributed by atoms with Crippen molar-refractivity contribution in [2.75, 3.05) is 0 Å². The molecular weight excluding hydrogens is 314 g/mol. The molecule has 5 nitrogen and oxygen atoms in total. The molecule has 0 saturated carbocycles. The number of hydrogen-bond donors (Lipinski definition) is 1. The largest absolute Gasteiger partial charge is 0.480 e. The third kappa shape index (κ3) is 4.10. The quantitative estimate of drug-likeness (QED) is 0.621. The zero-order chi connectivity index (χ0) is 17.0. The average Bonchev–Trinajstić information content (AvgIpc) is 2.52.